The van der Waals surface area contributed by atoms with Gasteiger partial charge in [0.1, 0.15) is 0 Å². The summed E-state index contributed by atoms with van der Waals surface area (Å²) in [5.74, 6) is 3.22. The van der Waals surface area contributed by atoms with Crippen LogP contribution >= 0.6 is 11.8 Å². The third-order valence-electron chi connectivity index (χ3n) is 3.26. The highest BCUT2D eigenvalue weighted by Gasteiger charge is 2.23. The fourth-order valence-electron chi connectivity index (χ4n) is 2.20. The van der Waals surface area contributed by atoms with Gasteiger partial charge in [-0.1, -0.05) is 0 Å². The first-order chi connectivity index (χ1) is 9.19. The van der Waals surface area contributed by atoms with Crippen LogP contribution in [-0.4, -0.2) is 33.1 Å². The van der Waals surface area contributed by atoms with Crippen LogP contribution in [0, 0.1) is 0 Å². The molecule has 0 radical (unpaired) electrons. The van der Waals surface area contributed by atoms with Crippen molar-refractivity contribution in [3.63, 3.8) is 0 Å². The van der Waals surface area contributed by atoms with Crippen molar-refractivity contribution in [3.05, 3.63) is 17.7 Å². The molecule has 2 atom stereocenters. The van der Waals surface area contributed by atoms with Crippen LogP contribution in [0.4, 0.5) is 0 Å². The van der Waals surface area contributed by atoms with Gasteiger partial charge < -0.3 is 14.2 Å². The van der Waals surface area contributed by atoms with Gasteiger partial charge in [0, 0.05) is 6.04 Å². The number of hydrogen-bond acceptors (Lipinski definition) is 5. The van der Waals surface area contributed by atoms with Crippen molar-refractivity contribution in [2.24, 2.45) is 0 Å². The molecule has 2 rings (SSSR count). The van der Waals surface area contributed by atoms with Gasteiger partial charge >= 0.3 is 0 Å². The van der Waals surface area contributed by atoms with Crippen molar-refractivity contribution in [3.8, 4) is 17.2 Å². The molecule has 0 aliphatic carbocycles. The van der Waals surface area contributed by atoms with Crippen molar-refractivity contribution in [1.82, 2.24) is 5.32 Å². The molecule has 2 unspecified atom stereocenters. The van der Waals surface area contributed by atoms with Gasteiger partial charge in [0.25, 0.3) is 0 Å². The zero-order chi connectivity index (χ0) is 13.8. The third-order valence-corrected chi connectivity index (χ3v) is 4.47. The largest absolute Gasteiger partial charge is 0.493 e. The lowest BCUT2D eigenvalue weighted by Crippen LogP contribution is -2.33. The fraction of sp³-hybridized carbons (Fsp3) is 0.571. The van der Waals surface area contributed by atoms with Crippen LogP contribution < -0.4 is 19.5 Å². The maximum atomic E-state index is 5.39. The van der Waals surface area contributed by atoms with E-state index in [-0.39, 0.29) is 5.37 Å². The Morgan fingerprint density at radius 1 is 1.11 bits per heavy atom. The summed E-state index contributed by atoms with van der Waals surface area (Å²) in [6.07, 6.45) is 1.20. The van der Waals surface area contributed by atoms with E-state index in [4.69, 9.17) is 14.2 Å². The zero-order valence-corrected chi connectivity index (χ0v) is 12.7. The van der Waals surface area contributed by atoms with Crippen LogP contribution in [0.3, 0.4) is 0 Å². The standard InChI is InChI=1S/C14H21NO3S/c1-9-5-6-19-14(15-9)10-7-11(16-2)13(18-4)12(8-10)17-3/h7-9,14-15H,5-6H2,1-4H3. The van der Waals surface area contributed by atoms with Crippen molar-refractivity contribution < 1.29 is 14.2 Å². The molecule has 1 aromatic rings. The molecule has 5 heteroatoms. The first-order valence-electron chi connectivity index (χ1n) is 6.37. The Balaban J connectivity index is 2.35. The highest BCUT2D eigenvalue weighted by atomic mass is 32.2. The molecule has 0 bridgehead atoms. The molecule has 4 nitrogen and oxygen atoms in total. The van der Waals surface area contributed by atoms with Gasteiger partial charge in [0.15, 0.2) is 11.5 Å². The molecular weight excluding hydrogens is 262 g/mol. The van der Waals surface area contributed by atoms with Gasteiger partial charge in [-0.2, -0.15) is 0 Å². The minimum atomic E-state index is 0.275. The molecule has 1 fully saturated rings. The molecule has 0 aromatic heterocycles. The summed E-state index contributed by atoms with van der Waals surface area (Å²) in [6, 6.07) is 4.57. The van der Waals surface area contributed by atoms with Crippen LogP contribution in [0.5, 0.6) is 17.2 Å². The second-order valence-corrected chi connectivity index (χ2v) is 5.78. The third kappa shape index (κ3) is 3.09. The summed E-state index contributed by atoms with van der Waals surface area (Å²) < 4.78 is 16.1. The van der Waals surface area contributed by atoms with E-state index in [2.05, 4.69) is 12.2 Å². The smallest absolute Gasteiger partial charge is 0.203 e. The Hall–Kier alpha value is -1.07. The van der Waals surface area contributed by atoms with E-state index in [9.17, 15) is 0 Å². The predicted molar refractivity (Wildman–Crippen MR) is 78.5 cm³/mol. The van der Waals surface area contributed by atoms with Gasteiger partial charge in [0.2, 0.25) is 5.75 Å². The molecule has 106 valence electrons. The monoisotopic (exact) mass is 283 g/mol. The van der Waals surface area contributed by atoms with Crippen LogP contribution in [0.15, 0.2) is 12.1 Å². The van der Waals surface area contributed by atoms with E-state index in [1.165, 1.54) is 6.42 Å². The van der Waals surface area contributed by atoms with Gasteiger partial charge in [-0.3, -0.25) is 5.32 Å². The lowest BCUT2D eigenvalue weighted by atomic mass is 10.1. The molecule has 0 saturated carbocycles. The normalized spacial score (nSPS) is 22.9. The van der Waals surface area contributed by atoms with E-state index < -0.39 is 0 Å². The molecule has 1 aliphatic heterocycles. The molecule has 0 spiro atoms. The van der Waals surface area contributed by atoms with E-state index in [0.717, 1.165) is 11.3 Å². The van der Waals surface area contributed by atoms with E-state index in [0.29, 0.717) is 23.3 Å². The summed E-state index contributed by atoms with van der Waals surface area (Å²) in [6.45, 7) is 2.21. The van der Waals surface area contributed by atoms with Crippen molar-refractivity contribution in [2.45, 2.75) is 24.8 Å². The minimum Gasteiger partial charge on any atom is -0.493 e. The van der Waals surface area contributed by atoms with Crippen LogP contribution in [-0.2, 0) is 0 Å². The molecule has 1 aliphatic rings. The van der Waals surface area contributed by atoms with Gasteiger partial charge in [-0.15, -0.1) is 11.8 Å². The van der Waals surface area contributed by atoms with Crippen LogP contribution in [0.25, 0.3) is 0 Å². The first kappa shape index (κ1) is 14.3. The molecule has 1 saturated heterocycles. The highest BCUT2D eigenvalue weighted by molar-refractivity contribution is 7.99. The van der Waals surface area contributed by atoms with Gasteiger partial charge in [-0.05, 0) is 36.8 Å². The lowest BCUT2D eigenvalue weighted by Gasteiger charge is -2.29. The van der Waals surface area contributed by atoms with Crippen LogP contribution in [0.1, 0.15) is 24.3 Å². The number of hydrogen-bond donors (Lipinski definition) is 1. The van der Waals surface area contributed by atoms with Crippen molar-refractivity contribution in [2.75, 3.05) is 27.1 Å². The number of nitrogens with one attached hydrogen (secondary N) is 1. The molecule has 0 amide bonds. The van der Waals surface area contributed by atoms with Gasteiger partial charge in [0.05, 0.1) is 26.7 Å². The number of rotatable bonds is 4. The molecule has 1 heterocycles. The van der Waals surface area contributed by atoms with E-state index >= 15 is 0 Å². The molecule has 19 heavy (non-hydrogen) atoms. The van der Waals surface area contributed by atoms with Crippen molar-refractivity contribution in [1.29, 1.82) is 0 Å². The second kappa shape index (κ2) is 6.39. The first-order valence-corrected chi connectivity index (χ1v) is 7.42. The van der Waals surface area contributed by atoms with Gasteiger partial charge in [-0.25, -0.2) is 0 Å². The lowest BCUT2D eigenvalue weighted by molar-refractivity contribution is 0.323. The Kier molecular flexibility index (Phi) is 4.82. The Labute approximate surface area is 118 Å². The summed E-state index contributed by atoms with van der Waals surface area (Å²) in [5.41, 5.74) is 1.16. The summed E-state index contributed by atoms with van der Waals surface area (Å²) in [5, 5.41) is 3.86. The summed E-state index contributed by atoms with van der Waals surface area (Å²) in [7, 11) is 4.91. The summed E-state index contributed by atoms with van der Waals surface area (Å²) in [4.78, 5) is 0. The SMILES string of the molecule is COc1cc(C2NC(C)CCS2)cc(OC)c1OC. The van der Waals surface area contributed by atoms with E-state index in [1.54, 1.807) is 21.3 Å². The Bertz CT molecular complexity index is 414. The number of methoxy groups -OCH3 is 3. The number of ether oxygens (including phenoxy) is 3. The minimum absolute atomic E-state index is 0.275. The van der Waals surface area contributed by atoms with E-state index in [1.807, 2.05) is 23.9 Å². The van der Waals surface area contributed by atoms with Crippen LogP contribution in [0.2, 0.25) is 0 Å². The maximum absolute atomic E-state index is 5.39. The second-order valence-electron chi connectivity index (χ2n) is 4.57. The van der Waals surface area contributed by atoms with Crippen molar-refractivity contribution >= 4 is 11.8 Å². The molecule has 1 aromatic carbocycles. The predicted octanol–water partition coefficient (Wildman–Crippen LogP) is 2.83. The number of benzene rings is 1. The number of thioether (sulfide) groups is 1. The molecular formula is C14H21NO3S. The zero-order valence-electron chi connectivity index (χ0n) is 11.9. The maximum Gasteiger partial charge on any atom is 0.203 e. The fourth-order valence-corrected chi connectivity index (χ4v) is 3.58. The average Bonchev–Trinajstić information content (AvgIpc) is 2.45. The Morgan fingerprint density at radius 3 is 2.21 bits per heavy atom. The summed E-state index contributed by atoms with van der Waals surface area (Å²) >= 11 is 1.91. The Morgan fingerprint density at radius 2 is 1.74 bits per heavy atom. The highest BCUT2D eigenvalue weighted by Crippen LogP contribution is 2.42. The topological polar surface area (TPSA) is 39.7 Å². The quantitative estimate of drug-likeness (QED) is 0.920. The average molecular weight is 283 g/mol. The molecule has 1 N–H and O–H groups in total.